The summed E-state index contributed by atoms with van der Waals surface area (Å²) in [6, 6.07) is 13.6. The first-order valence-corrected chi connectivity index (χ1v) is 10.2. The molecule has 0 saturated heterocycles. The summed E-state index contributed by atoms with van der Waals surface area (Å²) < 4.78 is 30.1. The van der Waals surface area contributed by atoms with Crippen LogP contribution in [0, 0.1) is 0 Å². The van der Waals surface area contributed by atoms with E-state index in [-0.39, 0.29) is 11.4 Å². The van der Waals surface area contributed by atoms with E-state index in [1.54, 1.807) is 42.7 Å². The second-order valence-electron chi connectivity index (χ2n) is 6.78. The van der Waals surface area contributed by atoms with E-state index in [1.807, 2.05) is 36.0 Å². The van der Waals surface area contributed by atoms with E-state index in [9.17, 15) is 13.5 Å². The van der Waals surface area contributed by atoms with Gasteiger partial charge in [0.25, 0.3) is 0 Å². The smallest absolute Gasteiger partial charge is 0.244 e. The number of aliphatic hydroxyl groups is 1. The number of nitrogens with zero attached hydrogens (tertiary/aromatic N) is 3. The van der Waals surface area contributed by atoms with Crippen molar-refractivity contribution in [1.29, 1.82) is 0 Å². The van der Waals surface area contributed by atoms with E-state index in [1.165, 1.54) is 4.31 Å². The summed E-state index contributed by atoms with van der Waals surface area (Å²) in [5.41, 5.74) is 2.20. The first kappa shape index (κ1) is 17.9. The van der Waals surface area contributed by atoms with Crippen LogP contribution in [0.4, 0.5) is 0 Å². The van der Waals surface area contributed by atoms with Crippen molar-refractivity contribution in [1.82, 2.24) is 13.9 Å². The van der Waals surface area contributed by atoms with Crippen LogP contribution >= 0.6 is 0 Å². The normalized spacial score (nSPS) is 21.7. The van der Waals surface area contributed by atoms with E-state index >= 15 is 0 Å². The molecule has 0 bridgehead atoms. The van der Waals surface area contributed by atoms with E-state index in [4.69, 9.17) is 0 Å². The molecule has 1 N–H and O–H groups in total. The van der Waals surface area contributed by atoms with Crippen molar-refractivity contribution in [2.24, 2.45) is 7.05 Å². The topological polar surface area (TPSA) is 75.4 Å². The molecular weight excluding hydrogens is 362 g/mol. The van der Waals surface area contributed by atoms with Gasteiger partial charge in [0, 0.05) is 49.9 Å². The van der Waals surface area contributed by atoms with E-state index in [2.05, 4.69) is 4.98 Å². The summed E-state index contributed by atoms with van der Waals surface area (Å²) in [4.78, 5) is 4.26. The largest absolute Gasteiger partial charge is 0.387 e. The number of fused-ring (bicyclic) bond motifs is 1. The zero-order valence-electron chi connectivity index (χ0n) is 14.9. The highest BCUT2D eigenvalue weighted by molar-refractivity contribution is 7.89. The molecule has 7 heteroatoms. The molecule has 1 aliphatic rings. The molecule has 1 aromatic carbocycles. The average molecular weight is 383 g/mol. The molecule has 27 heavy (non-hydrogen) atoms. The van der Waals surface area contributed by atoms with E-state index < -0.39 is 22.2 Å². The summed E-state index contributed by atoms with van der Waals surface area (Å²) in [6.45, 7) is 0.163. The molecule has 3 heterocycles. The molecule has 0 saturated carbocycles. The second kappa shape index (κ2) is 6.92. The van der Waals surface area contributed by atoms with Crippen LogP contribution in [0.2, 0.25) is 0 Å². The molecule has 2 atom stereocenters. The Morgan fingerprint density at radius 3 is 2.63 bits per heavy atom. The Morgan fingerprint density at radius 1 is 1.11 bits per heavy atom. The molecule has 140 valence electrons. The minimum absolute atomic E-state index is 0.163. The zero-order chi connectivity index (χ0) is 19.0. The van der Waals surface area contributed by atoms with Crippen molar-refractivity contribution >= 4 is 10.0 Å². The number of sulfonamides is 1. The van der Waals surface area contributed by atoms with Gasteiger partial charge >= 0.3 is 0 Å². The van der Waals surface area contributed by atoms with Gasteiger partial charge in [-0.1, -0.05) is 24.3 Å². The molecule has 0 unspecified atom stereocenters. The fraction of sp³-hybridized carbons (Fsp3) is 0.250. The summed E-state index contributed by atoms with van der Waals surface area (Å²) in [5.74, 6) is 0. The van der Waals surface area contributed by atoms with Gasteiger partial charge in [-0.15, -0.1) is 0 Å². The highest BCUT2D eigenvalue weighted by Crippen LogP contribution is 2.38. The molecule has 0 amide bonds. The van der Waals surface area contributed by atoms with Crippen LogP contribution in [0.3, 0.4) is 0 Å². The summed E-state index contributed by atoms with van der Waals surface area (Å²) in [7, 11) is -1.83. The third kappa shape index (κ3) is 3.18. The Bertz CT molecular complexity index is 1050. The molecule has 1 aliphatic heterocycles. The van der Waals surface area contributed by atoms with Gasteiger partial charge < -0.3 is 9.67 Å². The monoisotopic (exact) mass is 383 g/mol. The predicted octanol–water partition coefficient (Wildman–Crippen LogP) is 2.27. The number of hydrogen-bond acceptors (Lipinski definition) is 4. The Morgan fingerprint density at radius 2 is 1.93 bits per heavy atom. The number of aromatic nitrogens is 2. The molecule has 0 spiro atoms. The van der Waals surface area contributed by atoms with Gasteiger partial charge in [0.2, 0.25) is 10.0 Å². The molecule has 0 radical (unpaired) electrons. The lowest BCUT2D eigenvalue weighted by molar-refractivity contribution is 0.0760. The van der Waals surface area contributed by atoms with Crippen molar-refractivity contribution in [3.63, 3.8) is 0 Å². The molecule has 0 fully saturated rings. The molecule has 6 nitrogen and oxygen atoms in total. The highest BCUT2D eigenvalue weighted by atomic mass is 32.2. The van der Waals surface area contributed by atoms with Gasteiger partial charge in [-0.05, 0) is 29.8 Å². The van der Waals surface area contributed by atoms with Gasteiger partial charge in [-0.3, -0.25) is 4.98 Å². The second-order valence-corrected chi connectivity index (χ2v) is 8.64. The average Bonchev–Trinajstić information content (AvgIpc) is 3.08. The summed E-state index contributed by atoms with van der Waals surface area (Å²) in [6.07, 6.45) is 4.73. The fourth-order valence-corrected chi connectivity index (χ4v) is 5.49. The van der Waals surface area contributed by atoms with Gasteiger partial charge in [0.05, 0.1) is 17.0 Å². The van der Waals surface area contributed by atoms with Crippen LogP contribution in [-0.4, -0.2) is 33.4 Å². The maximum Gasteiger partial charge on any atom is 0.244 e. The Labute approximate surface area is 158 Å². The van der Waals surface area contributed by atoms with Crippen molar-refractivity contribution in [2.45, 2.75) is 30.0 Å². The minimum atomic E-state index is -3.74. The van der Waals surface area contributed by atoms with Gasteiger partial charge in [-0.25, -0.2) is 8.42 Å². The lowest BCUT2D eigenvalue weighted by atomic mass is 9.97. The summed E-state index contributed by atoms with van der Waals surface area (Å²) in [5, 5.41) is 11.1. The van der Waals surface area contributed by atoms with Crippen molar-refractivity contribution in [2.75, 3.05) is 0 Å². The van der Waals surface area contributed by atoms with E-state index in [0.717, 1.165) is 11.3 Å². The van der Waals surface area contributed by atoms with Gasteiger partial charge in [0.15, 0.2) is 0 Å². The molecule has 3 aromatic rings. The quantitative estimate of drug-likeness (QED) is 0.750. The Kier molecular flexibility index (Phi) is 4.59. The standard InChI is InChI=1S/C20H21N3O3S/c1-22-11-5-7-16(22)12-18-20(24)17-8-2-3-9-19(17)27(25,26)23(18)14-15-6-4-10-21-13-15/h2-11,13,18,20,24H,12,14H2,1H3/t18-,20-/m1/s1. The predicted molar refractivity (Wildman–Crippen MR) is 101 cm³/mol. The lowest BCUT2D eigenvalue weighted by Crippen LogP contribution is -2.48. The fourth-order valence-electron chi connectivity index (χ4n) is 3.64. The first-order chi connectivity index (χ1) is 13.0. The SMILES string of the molecule is Cn1cccc1C[C@@H]1[C@H](O)c2ccccc2S(=O)(=O)N1Cc1cccnc1. The van der Waals surface area contributed by atoms with Crippen molar-refractivity contribution < 1.29 is 13.5 Å². The number of aryl methyl sites for hydroxylation is 1. The number of aliphatic hydroxyl groups excluding tert-OH is 1. The van der Waals surface area contributed by atoms with Crippen molar-refractivity contribution in [3.8, 4) is 0 Å². The van der Waals surface area contributed by atoms with Crippen molar-refractivity contribution in [3.05, 3.63) is 83.9 Å². The zero-order valence-corrected chi connectivity index (χ0v) is 15.7. The number of hydrogen-bond donors (Lipinski definition) is 1. The van der Waals surface area contributed by atoms with E-state index in [0.29, 0.717) is 12.0 Å². The van der Waals surface area contributed by atoms with Crippen LogP contribution in [0.15, 0.2) is 72.0 Å². The van der Waals surface area contributed by atoms with Crippen LogP contribution in [0.5, 0.6) is 0 Å². The van der Waals surface area contributed by atoms with Crippen LogP contribution in [0.1, 0.15) is 22.9 Å². The molecule has 0 aliphatic carbocycles. The van der Waals surface area contributed by atoms with Gasteiger partial charge in [-0.2, -0.15) is 4.31 Å². The van der Waals surface area contributed by atoms with Gasteiger partial charge in [0.1, 0.15) is 0 Å². The number of benzene rings is 1. The third-order valence-electron chi connectivity index (χ3n) is 5.09. The number of rotatable bonds is 4. The van der Waals surface area contributed by atoms with Crippen LogP contribution in [-0.2, 0) is 30.0 Å². The minimum Gasteiger partial charge on any atom is -0.387 e. The maximum atomic E-state index is 13.4. The Balaban J connectivity index is 1.81. The maximum absolute atomic E-state index is 13.4. The molecular formula is C20H21N3O3S. The highest BCUT2D eigenvalue weighted by Gasteiger charge is 2.43. The molecule has 4 rings (SSSR count). The molecule has 2 aromatic heterocycles. The summed E-state index contributed by atoms with van der Waals surface area (Å²) >= 11 is 0. The first-order valence-electron chi connectivity index (χ1n) is 8.76. The van der Waals surface area contributed by atoms with Crippen LogP contribution in [0.25, 0.3) is 0 Å². The third-order valence-corrected chi connectivity index (χ3v) is 7.03. The van der Waals surface area contributed by atoms with Crippen LogP contribution < -0.4 is 0 Å². The number of pyridine rings is 1. The Hall–Kier alpha value is -2.48. The lowest BCUT2D eigenvalue weighted by Gasteiger charge is -2.39.